The van der Waals surface area contributed by atoms with Crippen LogP contribution in [0.4, 0.5) is 0 Å². The lowest BCUT2D eigenvalue weighted by Gasteiger charge is -2.26. The molecule has 2 rings (SSSR count). The van der Waals surface area contributed by atoms with Crippen LogP contribution in [0.1, 0.15) is 51.5 Å². The third-order valence-corrected chi connectivity index (χ3v) is 7.22. The van der Waals surface area contributed by atoms with E-state index in [4.69, 9.17) is 4.74 Å². The van der Waals surface area contributed by atoms with E-state index in [9.17, 15) is 13.2 Å². The molecule has 1 aliphatic rings. The fourth-order valence-electron chi connectivity index (χ4n) is 3.31. The molecule has 1 aromatic rings. The van der Waals surface area contributed by atoms with E-state index in [2.05, 4.69) is 19.2 Å². The number of benzene rings is 1. The molecule has 7 heteroatoms. The zero-order valence-corrected chi connectivity index (χ0v) is 18.0. The van der Waals surface area contributed by atoms with Gasteiger partial charge in [0.05, 0.1) is 18.1 Å². The first-order valence-corrected chi connectivity index (χ1v) is 11.8. The number of nitrogens with one attached hydrogen (secondary N) is 1. The van der Waals surface area contributed by atoms with Crippen LogP contribution in [-0.2, 0) is 26.0 Å². The van der Waals surface area contributed by atoms with Crippen LogP contribution in [0.15, 0.2) is 29.2 Å². The van der Waals surface area contributed by atoms with Crippen LogP contribution in [0.5, 0.6) is 0 Å². The van der Waals surface area contributed by atoms with Crippen molar-refractivity contribution >= 4 is 15.9 Å². The standard InChI is InChI=1S/C21H34N2O4S/c1-3-5-6-18(4-2)17-22-21(24)12-9-19-7-10-20(11-8-19)28(25,26)23-13-15-27-16-14-23/h7-8,10-11,18H,3-6,9,12-17H2,1-2H3,(H,22,24). The number of rotatable bonds is 11. The number of carbonyl (C=O) groups is 1. The van der Waals surface area contributed by atoms with E-state index in [1.807, 2.05) is 0 Å². The quantitative estimate of drug-likeness (QED) is 0.608. The predicted molar refractivity (Wildman–Crippen MR) is 111 cm³/mol. The van der Waals surface area contributed by atoms with Crippen molar-refractivity contribution in [3.05, 3.63) is 29.8 Å². The molecule has 0 saturated carbocycles. The van der Waals surface area contributed by atoms with Crippen molar-refractivity contribution in [2.45, 2.75) is 57.3 Å². The molecule has 1 aliphatic heterocycles. The number of hydrogen-bond donors (Lipinski definition) is 1. The Bertz CT molecular complexity index is 698. The van der Waals surface area contributed by atoms with E-state index < -0.39 is 10.0 Å². The lowest BCUT2D eigenvalue weighted by atomic mass is 9.99. The number of unbranched alkanes of at least 4 members (excludes halogenated alkanes) is 1. The minimum absolute atomic E-state index is 0.0555. The second kappa shape index (κ2) is 11.5. The van der Waals surface area contributed by atoms with Gasteiger partial charge in [-0.1, -0.05) is 45.2 Å². The minimum atomic E-state index is -3.46. The largest absolute Gasteiger partial charge is 0.379 e. The van der Waals surface area contributed by atoms with Crippen molar-refractivity contribution in [2.24, 2.45) is 5.92 Å². The van der Waals surface area contributed by atoms with Crippen LogP contribution in [0.2, 0.25) is 0 Å². The van der Waals surface area contributed by atoms with E-state index in [1.165, 1.54) is 17.1 Å². The highest BCUT2D eigenvalue weighted by Crippen LogP contribution is 2.18. The van der Waals surface area contributed by atoms with E-state index in [0.29, 0.717) is 50.0 Å². The van der Waals surface area contributed by atoms with E-state index in [-0.39, 0.29) is 5.91 Å². The van der Waals surface area contributed by atoms with Crippen LogP contribution in [0.3, 0.4) is 0 Å². The molecule has 0 aromatic heterocycles. The summed E-state index contributed by atoms with van der Waals surface area (Å²) in [5, 5.41) is 3.04. The van der Waals surface area contributed by atoms with Crippen molar-refractivity contribution < 1.29 is 17.9 Å². The van der Waals surface area contributed by atoms with Gasteiger partial charge in [0.15, 0.2) is 0 Å². The molecule has 1 amide bonds. The van der Waals surface area contributed by atoms with Gasteiger partial charge in [0.2, 0.25) is 15.9 Å². The number of amides is 1. The lowest BCUT2D eigenvalue weighted by Crippen LogP contribution is -2.40. The first-order chi connectivity index (χ1) is 13.5. The fourth-order valence-corrected chi connectivity index (χ4v) is 4.72. The molecule has 1 saturated heterocycles. The molecule has 0 spiro atoms. The highest BCUT2D eigenvalue weighted by Gasteiger charge is 2.26. The molecular formula is C21H34N2O4S. The Morgan fingerprint density at radius 1 is 1.18 bits per heavy atom. The average molecular weight is 411 g/mol. The van der Waals surface area contributed by atoms with Crippen molar-refractivity contribution in [3.8, 4) is 0 Å². The van der Waals surface area contributed by atoms with Gasteiger partial charge in [-0.15, -0.1) is 0 Å². The van der Waals surface area contributed by atoms with Crippen LogP contribution < -0.4 is 5.32 Å². The number of hydrogen-bond acceptors (Lipinski definition) is 4. The molecule has 1 aromatic carbocycles. The number of nitrogens with zero attached hydrogens (tertiary/aromatic N) is 1. The maximum absolute atomic E-state index is 12.6. The average Bonchev–Trinajstić information content (AvgIpc) is 2.73. The summed E-state index contributed by atoms with van der Waals surface area (Å²) in [7, 11) is -3.46. The topological polar surface area (TPSA) is 75.7 Å². The van der Waals surface area contributed by atoms with Gasteiger partial charge in [-0.2, -0.15) is 4.31 Å². The summed E-state index contributed by atoms with van der Waals surface area (Å²) in [6.45, 7) is 6.74. The van der Waals surface area contributed by atoms with Gasteiger partial charge in [-0.25, -0.2) is 8.42 Å². The molecule has 28 heavy (non-hydrogen) atoms. The van der Waals surface area contributed by atoms with Gasteiger partial charge >= 0.3 is 0 Å². The maximum Gasteiger partial charge on any atom is 0.243 e. The summed E-state index contributed by atoms with van der Waals surface area (Å²) in [4.78, 5) is 12.4. The molecule has 1 fully saturated rings. The van der Waals surface area contributed by atoms with E-state index >= 15 is 0 Å². The summed E-state index contributed by atoms with van der Waals surface area (Å²) in [5.74, 6) is 0.605. The van der Waals surface area contributed by atoms with E-state index in [0.717, 1.165) is 24.9 Å². The summed E-state index contributed by atoms with van der Waals surface area (Å²) in [5.41, 5.74) is 0.967. The fraction of sp³-hybridized carbons (Fsp3) is 0.667. The first kappa shape index (κ1) is 22.8. The Kier molecular flexibility index (Phi) is 9.41. The third-order valence-electron chi connectivity index (χ3n) is 5.30. The molecule has 158 valence electrons. The Balaban J connectivity index is 1.81. The molecule has 1 unspecified atom stereocenters. The molecule has 1 heterocycles. The zero-order chi connectivity index (χ0) is 20.4. The summed E-state index contributed by atoms with van der Waals surface area (Å²) >= 11 is 0. The van der Waals surface area contributed by atoms with Gasteiger partial charge in [0, 0.05) is 26.1 Å². The summed E-state index contributed by atoms with van der Waals surface area (Å²) in [6.07, 6.45) is 5.65. The molecule has 0 radical (unpaired) electrons. The number of ether oxygens (including phenoxy) is 1. The number of morpholine rings is 1. The van der Waals surface area contributed by atoms with Crippen LogP contribution in [0.25, 0.3) is 0 Å². The van der Waals surface area contributed by atoms with Gasteiger partial charge < -0.3 is 10.1 Å². The first-order valence-electron chi connectivity index (χ1n) is 10.4. The number of sulfonamides is 1. The van der Waals surface area contributed by atoms with E-state index in [1.54, 1.807) is 24.3 Å². The highest BCUT2D eigenvalue weighted by molar-refractivity contribution is 7.89. The lowest BCUT2D eigenvalue weighted by molar-refractivity contribution is -0.121. The smallest absolute Gasteiger partial charge is 0.243 e. The second-order valence-corrected chi connectivity index (χ2v) is 9.32. The maximum atomic E-state index is 12.6. The zero-order valence-electron chi connectivity index (χ0n) is 17.2. The minimum Gasteiger partial charge on any atom is -0.379 e. The molecule has 0 aliphatic carbocycles. The third kappa shape index (κ3) is 6.87. The summed E-state index contributed by atoms with van der Waals surface area (Å²) in [6, 6.07) is 6.87. The van der Waals surface area contributed by atoms with Crippen molar-refractivity contribution in [3.63, 3.8) is 0 Å². The molecule has 0 bridgehead atoms. The molecular weight excluding hydrogens is 376 g/mol. The molecule has 1 atom stereocenters. The molecule has 6 nitrogen and oxygen atoms in total. The monoisotopic (exact) mass is 410 g/mol. The molecule has 1 N–H and O–H groups in total. The van der Waals surface area contributed by atoms with Crippen molar-refractivity contribution in [1.29, 1.82) is 0 Å². The van der Waals surface area contributed by atoms with Crippen LogP contribution in [-0.4, -0.2) is 51.5 Å². The SMILES string of the molecule is CCCCC(CC)CNC(=O)CCc1ccc(S(=O)(=O)N2CCOCC2)cc1. The van der Waals surface area contributed by atoms with Gasteiger partial charge in [0.25, 0.3) is 0 Å². The predicted octanol–water partition coefficient (Wildman–Crippen LogP) is 2.97. The van der Waals surface area contributed by atoms with Gasteiger partial charge in [-0.05, 0) is 36.5 Å². The Labute approximate surface area is 169 Å². The normalized spacial score (nSPS) is 16.6. The Morgan fingerprint density at radius 2 is 1.86 bits per heavy atom. The van der Waals surface area contributed by atoms with Gasteiger partial charge in [0.1, 0.15) is 0 Å². The second-order valence-electron chi connectivity index (χ2n) is 7.38. The number of aryl methyl sites for hydroxylation is 1. The Hall–Kier alpha value is -1.44. The van der Waals surface area contributed by atoms with Crippen molar-refractivity contribution in [2.75, 3.05) is 32.8 Å². The highest BCUT2D eigenvalue weighted by atomic mass is 32.2. The summed E-state index contributed by atoms with van der Waals surface area (Å²) < 4.78 is 31.9. The van der Waals surface area contributed by atoms with Crippen LogP contribution in [0, 0.1) is 5.92 Å². The Morgan fingerprint density at radius 3 is 2.46 bits per heavy atom. The number of carbonyl (C=O) groups excluding carboxylic acids is 1. The van der Waals surface area contributed by atoms with Crippen molar-refractivity contribution in [1.82, 2.24) is 9.62 Å². The van der Waals surface area contributed by atoms with Gasteiger partial charge in [-0.3, -0.25) is 4.79 Å². The van der Waals surface area contributed by atoms with Crippen LogP contribution >= 0.6 is 0 Å².